The minimum Gasteiger partial charge on any atom is -0.383 e. The van der Waals surface area contributed by atoms with Gasteiger partial charge in [0.25, 0.3) is 5.91 Å². The van der Waals surface area contributed by atoms with Crippen LogP contribution in [0.2, 0.25) is 0 Å². The zero-order valence-corrected chi connectivity index (χ0v) is 16.3. The fourth-order valence-corrected chi connectivity index (χ4v) is 3.89. The van der Waals surface area contributed by atoms with Crippen LogP contribution in [0.4, 0.5) is 0 Å². The van der Waals surface area contributed by atoms with Crippen LogP contribution in [0.5, 0.6) is 0 Å². The number of rotatable bonds is 7. The molecule has 3 heterocycles. The van der Waals surface area contributed by atoms with Crippen molar-refractivity contribution in [2.24, 2.45) is 0 Å². The number of benzene rings is 1. The number of carbonyl (C=O) groups excluding carboxylic acids is 1. The molecule has 0 spiro atoms. The van der Waals surface area contributed by atoms with Crippen molar-refractivity contribution in [2.45, 2.75) is 13.1 Å². The Morgan fingerprint density at radius 1 is 1.21 bits per heavy atom. The summed E-state index contributed by atoms with van der Waals surface area (Å²) in [6.45, 7) is 1.70. The van der Waals surface area contributed by atoms with E-state index in [1.54, 1.807) is 18.7 Å². The van der Waals surface area contributed by atoms with Crippen LogP contribution in [-0.2, 0) is 17.8 Å². The average Bonchev–Trinajstić information content (AvgIpc) is 3.36. The molecule has 28 heavy (non-hydrogen) atoms. The molecule has 7 heteroatoms. The summed E-state index contributed by atoms with van der Waals surface area (Å²) in [6, 6.07) is 15.9. The van der Waals surface area contributed by atoms with E-state index in [1.165, 1.54) is 11.3 Å². The van der Waals surface area contributed by atoms with Gasteiger partial charge < -0.3 is 14.6 Å². The van der Waals surface area contributed by atoms with Gasteiger partial charge in [0, 0.05) is 36.1 Å². The van der Waals surface area contributed by atoms with Crippen molar-refractivity contribution in [2.75, 3.05) is 13.7 Å². The third kappa shape index (κ3) is 3.81. The maximum Gasteiger partial charge on any atom is 0.271 e. The van der Waals surface area contributed by atoms with Gasteiger partial charge in [-0.15, -0.1) is 11.3 Å². The third-order valence-electron chi connectivity index (χ3n) is 4.44. The van der Waals surface area contributed by atoms with Crippen LogP contribution in [0.3, 0.4) is 0 Å². The third-order valence-corrected chi connectivity index (χ3v) is 5.31. The van der Waals surface area contributed by atoms with Crippen LogP contribution >= 0.6 is 11.3 Å². The average molecular weight is 392 g/mol. The number of hydrogen-bond donors (Lipinski definition) is 1. The first-order valence-electron chi connectivity index (χ1n) is 8.97. The molecule has 0 aliphatic heterocycles. The molecule has 0 saturated heterocycles. The molecule has 0 aliphatic carbocycles. The number of pyridine rings is 1. The highest BCUT2D eigenvalue weighted by molar-refractivity contribution is 7.13. The van der Waals surface area contributed by atoms with Gasteiger partial charge in [-0.25, -0.2) is 4.98 Å². The first kappa shape index (κ1) is 18.3. The number of fused-ring (bicyclic) bond motifs is 1. The summed E-state index contributed by atoms with van der Waals surface area (Å²) in [6.07, 6.45) is 1.71. The Balaban J connectivity index is 1.57. The van der Waals surface area contributed by atoms with Gasteiger partial charge in [0.2, 0.25) is 0 Å². The topological polar surface area (TPSA) is 69.0 Å². The molecule has 0 bridgehead atoms. The number of carbonyl (C=O) groups is 1. The molecule has 0 aliphatic rings. The van der Waals surface area contributed by atoms with Crippen molar-refractivity contribution in [1.82, 2.24) is 19.9 Å². The Labute approximate surface area is 166 Å². The Bertz CT molecular complexity index is 1090. The highest BCUT2D eigenvalue weighted by Gasteiger charge is 2.16. The molecule has 1 amide bonds. The second kappa shape index (κ2) is 8.33. The van der Waals surface area contributed by atoms with Gasteiger partial charge in [-0.2, -0.15) is 0 Å². The van der Waals surface area contributed by atoms with Crippen molar-refractivity contribution < 1.29 is 9.53 Å². The molecule has 142 valence electrons. The number of aromatic nitrogens is 3. The van der Waals surface area contributed by atoms with Crippen LogP contribution in [0.15, 0.2) is 60.1 Å². The summed E-state index contributed by atoms with van der Waals surface area (Å²) < 4.78 is 7.45. The van der Waals surface area contributed by atoms with Crippen LogP contribution in [-0.4, -0.2) is 34.2 Å². The molecule has 6 nitrogen and oxygen atoms in total. The van der Waals surface area contributed by atoms with E-state index >= 15 is 0 Å². The van der Waals surface area contributed by atoms with Crippen molar-refractivity contribution in [3.63, 3.8) is 0 Å². The molecule has 0 saturated carbocycles. The Kier molecular flexibility index (Phi) is 5.45. The van der Waals surface area contributed by atoms with E-state index in [9.17, 15) is 4.79 Å². The summed E-state index contributed by atoms with van der Waals surface area (Å²) in [5, 5.41) is 6.62. The van der Waals surface area contributed by atoms with Crippen molar-refractivity contribution in [1.29, 1.82) is 0 Å². The number of amides is 1. The Morgan fingerprint density at radius 2 is 2.07 bits per heavy atom. The van der Waals surface area contributed by atoms with Gasteiger partial charge >= 0.3 is 0 Å². The van der Waals surface area contributed by atoms with Crippen molar-refractivity contribution >= 4 is 28.1 Å². The number of nitrogens with zero attached hydrogens (tertiary/aromatic N) is 3. The highest BCUT2D eigenvalue weighted by Crippen LogP contribution is 2.30. The van der Waals surface area contributed by atoms with E-state index in [0.29, 0.717) is 18.8 Å². The summed E-state index contributed by atoms with van der Waals surface area (Å²) in [5.74, 6) is -0.201. The lowest BCUT2D eigenvalue weighted by molar-refractivity contribution is 0.0946. The summed E-state index contributed by atoms with van der Waals surface area (Å²) in [7, 11) is 1.69. The molecular weight excluding hydrogens is 372 g/mol. The van der Waals surface area contributed by atoms with E-state index in [2.05, 4.69) is 38.1 Å². The van der Waals surface area contributed by atoms with E-state index in [-0.39, 0.29) is 5.91 Å². The largest absolute Gasteiger partial charge is 0.383 e. The van der Waals surface area contributed by atoms with E-state index in [1.807, 2.05) is 30.3 Å². The highest BCUT2D eigenvalue weighted by atomic mass is 32.1. The van der Waals surface area contributed by atoms with Gasteiger partial charge in [0.1, 0.15) is 10.7 Å². The first-order chi connectivity index (χ1) is 13.8. The monoisotopic (exact) mass is 392 g/mol. The predicted octanol–water partition coefficient (Wildman–Crippen LogP) is 3.74. The molecule has 4 aromatic rings. The minimum absolute atomic E-state index is 0.201. The van der Waals surface area contributed by atoms with Gasteiger partial charge in [0.15, 0.2) is 0 Å². The Morgan fingerprint density at radius 3 is 2.89 bits per heavy atom. The molecular formula is C21H20N4O2S. The maximum atomic E-state index is 12.5. The van der Waals surface area contributed by atoms with E-state index < -0.39 is 0 Å². The van der Waals surface area contributed by atoms with E-state index in [4.69, 9.17) is 4.74 Å². The molecule has 0 radical (unpaired) electrons. The number of nitrogens with one attached hydrogen (secondary N) is 1. The lowest BCUT2D eigenvalue weighted by Gasteiger charge is -2.08. The molecule has 0 atom stereocenters. The lowest BCUT2D eigenvalue weighted by Crippen LogP contribution is -2.23. The quantitative estimate of drug-likeness (QED) is 0.520. The summed E-state index contributed by atoms with van der Waals surface area (Å²) in [5.41, 5.74) is 3.35. The SMILES string of the molecule is COCCn1c(-c2nc(C(=O)NCc3ccccn3)cs2)cc2ccccc21. The molecule has 3 aromatic heterocycles. The van der Waals surface area contributed by atoms with Gasteiger partial charge in [0.05, 0.1) is 24.5 Å². The Hall–Kier alpha value is -3.03. The predicted molar refractivity (Wildman–Crippen MR) is 110 cm³/mol. The van der Waals surface area contributed by atoms with Crippen LogP contribution in [0.1, 0.15) is 16.2 Å². The fraction of sp³-hybridized carbons (Fsp3) is 0.190. The van der Waals surface area contributed by atoms with Gasteiger partial charge in [-0.05, 0) is 24.3 Å². The maximum absolute atomic E-state index is 12.5. The van der Waals surface area contributed by atoms with Gasteiger partial charge in [-0.1, -0.05) is 24.3 Å². The second-order valence-electron chi connectivity index (χ2n) is 6.27. The van der Waals surface area contributed by atoms with Crippen molar-refractivity contribution in [3.05, 3.63) is 71.5 Å². The molecule has 4 rings (SSSR count). The number of ether oxygens (including phenoxy) is 1. The fourth-order valence-electron chi connectivity index (χ4n) is 3.07. The molecule has 0 fully saturated rings. The molecule has 1 aromatic carbocycles. The van der Waals surface area contributed by atoms with Gasteiger partial charge in [-0.3, -0.25) is 9.78 Å². The van der Waals surface area contributed by atoms with Crippen LogP contribution < -0.4 is 5.32 Å². The molecule has 1 N–H and O–H groups in total. The second-order valence-corrected chi connectivity index (χ2v) is 7.13. The number of hydrogen-bond acceptors (Lipinski definition) is 5. The number of methoxy groups -OCH3 is 1. The zero-order valence-electron chi connectivity index (χ0n) is 15.5. The zero-order chi connectivity index (χ0) is 19.3. The van der Waals surface area contributed by atoms with Crippen LogP contribution in [0, 0.1) is 0 Å². The smallest absolute Gasteiger partial charge is 0.271 e. The first-order valence-corrected chi connectivity index (χ1v) is 9.85. The summed E-state index contributed by atoms with van der Waals surface area (Å²) in [4.78, 5) is 21.3. The standard InChI is InChI=1S/C21H20N4O2S/c1-27-11-10-25-18-8-3-2-6-15(18)12-19(25)21-24-17(14-28-21)20(26)23-13-16-7-4-5-9-22-16/h2-9,12,14H,10-11,13H2,1H3,(H,23,26). The molecule has 0 unspecified atom stereocenters. The number of thiazole rings is 1. The van der Waals surface area contributed by atoms with E-state index in [0.717, 1.165) is 33.8 Å². The summed E-state index contributed by atoms with van der Waals surface area (Å²) >= 11 is 1.47. The van der Waals surface area contributed by atoms with Crippen LogP contribution in [0.25, 0.3) is 21.6 Å². The van der Waals surface area contributed by atoms with Crippen molar-refractivity contribution in [3.8, 4) is 10.7 Å². The minimum atomic E-state index is -0.201. The normalized spacial score (nSPS) is 11.0. The number of para-hydroxylation sites is 1. The lowest BCUT2D eigenvalue weighted by atomic mass is 10.2.